The average Bonchev–Trinajstić information content (AvgIpc) is 3.08. The lowest BCUT2D eigenvalue weighted by Crippen LogP contribution is -2.42. The van der Waals surface area contributed by atoms with Crippen molar-refractivity contribution >= 4 is 11.6 Å². The molecule has 2 saturated carbocycles. The quantitative estimate of drug-likeness (QED) is 0.832. The second kappa shape index (κ2) is 4.86. The molecule has 3 rings (SSSR count). The first-order chi connectivity index (χ1) is 8.71. The smallest absolute Gasteiger partial charge is 0.0408 e. The van der Waals surface area contributed by atoms with Crippen molar-refractivity contribution < 1.29 is 0 Å². The first kappa shape index (κ1) is 12.5. The third-order valence-corrected chi connectivity index (χ3v) is 5.17. The van der Waals surface area contributed by atoms with Gasteiger partial charge in [-0.1, -0.05) is 30.7 Å². The molecule has 1 aromatic rings. The number of rotatable bonds is 5. The molecule has 0 radical (unpaired) electrons. The molecule has 0 atom stereocenters. The summed E-state index contributed by atoms with van der Waals surface area (Å²) in [6, 6.07) is 9.09. The van der Waals surface area contributed by atoms with E-state index in [1.807, 2.05) is 6.07 Å². The summed E-state index contributed by atoms with van der Waals surface area (Å²) < 4.78 is 0. The van der Waals surface area contributed by atoms with Gasteiger partial charge in [-0.3, -0.25) is 0 Å². The zero-order valence-electron chi connectivity index (χ0n) is 11.1. The summed E-state index contributed by atoms with van der Waals surface area (Å²) in [5.74, 6) is 0.720. The summed E-state index contributed by atoms with van der Waals surface area (Å²) in [6.45, 7) is 3.56. The predicted octanol–water partition coefficient (Wildman–Crippen LogP) is 4.37. The van der Waals surface area contributed by atoms with E-state index in [1.165, 1.54) is 44.2 Å². The van der Waals surface area contributed by atoms with Gasteiger partial charge in [0.2, 0.25) is 0 Å². The van der Waals surface area contributed by atoms with Crippen molar-refractivity contribution in [2.45, 2.75) is 51.0 Å². The number of benzene rings is 1. The molecule has 0 amide bonds. The third-order valence-electron chi connectivity index (χ3n) is 4.93. The standard InChI is InChI=1S/C16H22ClN/c1-2-16(6-7-16)11-18-15-9-13(10-15)12-4-3-5-14(17)8-12/h3-5,8,13,15,18H,2,6-7,9-11H2,1H3. The van der Waals surface area contributed by atoms with Crippen LogP contribution in [0.25, 0.3) is 0 Å². The molecule has 1 N–H and O–H groups in total. The largest absolute Gasteiger partial charge is 0.313 e. The SMILES string of the molecule is CCC1(CNC2CC(c3cccc(Cl)c3)C2)CC1. The van der Waals surface area contributed by atoms with E-state index < -0.39 is 0 Å². The molecular weight excluding hydrogens is 242 g/mol. The van der Waals surface area contributed by atoms with E-state index in [1.54, 1.807) is 0 Å². The van der Waals surface area contributed by atoms with E-state index in [-0.39, 0.29) is 0 Å². The number of nitrogens with one attached hydrogen (secondary N) is 1. The van der Waals surface area contributed by atoms with Crippen molar-refractivity contribution in [3.8, 4) is 0 Å². The molecule has 0 spiro atoms. The summed E-state index contributed by atoms with van der Waals surface area (Å²) in [5.41, 5.74) is 2.08. The zero-order chi connectivity index (χ0) is 12.6. The lowest BCUT2D eigenvalue weighted by molar-refractivity contribution is 0.268. The van der Waals surface area contributed by atoms with Crippen LogP contribution in [-0.4, -0.2) is 12.6 Å². The maximum atomic E-state index is 6.04. The van der Waals surface area contributed by atoms with Crippen molar-refractivity contribution in [1.82, 2.24) is 5.32 Å². The number of halogens is 1. The number of hydrogen-bond acceptors (Lipinski definition) is 1. The molecule has 2 aliphatic rings. The van der Waals surface area contributed by atoms with Crippen LogP contribution in [0.2, 0.25) is 5.02 Å². The summed E-state index contributed by atoms with van der Waals surface area (Å²) in [4.78, 5) is 0. The first-order valence-electron chi connectivity index (χ1n) is 7.20. The minimum atomic E-state index is 0.668. The normalized spacial score (nSPS) is 28.8. The minimum Gasteiger partial charge on any atom is -0.313 e. The van der Waals surface area contributed by atoms with Crippen molar-refractivity contribution in [3.05, 3.63) is 34.9 Å². The fourth-order valence-corrected chi connectivity index (χ4v) is 3.21. The summed E-state index contributed by atoms with van der Waals surface area (Å²) in [6.07, 6.45) is 6.76. The van der Waals surface area contributed by atoms with Gasteiger partial charge in [-0.05, 0) is 61.1 Å². The lowest BCUT2D eigenvalue weighted by Gasteiger charge is -2.37. The van der Waals surface area contributed by atoms with Crippen LogP contribution in [-0.2, 0) is 0 Å². The predicted molar refractivity (Wildman–Crippen MR) is 77.2 cm³/mol. The molecule has 2 heteroatoms. The Hall–Kier alpha value is -0.530. The van der Waals surface area contributed by atoms with Gasteiger partial charge in [0, 0.05) is 17.6 Å². The maximum absolute atomic E-state index is 6.04. The zero-order valence-corrected chi connectivity index (χ0v) is 11.8. The Bertz CT molecular complexity index is 419. The van der Waals surface area contributed by atoms with Gasteiger partial charge >= 0.3 is 0 Å². The monoisotopic (exact) mass is 263 g/mol. The highest BCUT2D eigenvalue weighted by atomic mass is 35.5. The van der Waals surface area contributed by atoms with Gasteiger partial charge in [0.15, 0.2) is 0 Å². The maximum Gasteiger partial charge on any atom is 0.0408 e. The van der Waals surface area contributed by atoms with Gasteiger partial charge in [0.1, 0.15) is 0 Å². The Morgan fingerprint density at radius 2 is 2.11 bits per heavy atom. The van der Waals surface area contributed by atoms with E-state index in [2.05, 4.69) is 30.4 Å². The topological polar surface area (TPSA) is 12.0 Å². The van der Waals surface area contributed by atoms with E-state index in [9.17, 15) is 0 Å². The molecular formula is C16H22ClN. The Kier molecular flexibility index (Phi) is 3.38. The first-order valence-corrected chi connectivity index (χ1v) is 7.57. The van der Waals surface area contributed by atoms with Crippen LogP contribution in [0.1, 0.15) is 50.5 Å². The molecule has 2 aliphatic carbocycles. The minimum absolute atomic E-state index is 0.668. The van der Waals surface area contributed by atoms with Gasteiger partial charge in [0.05, 0.1) is 0 Å². The van der Waals surface area contributed by atoms with Gasteiger partial charge in [-0.2, -0.15) is 0 Å². The average molecular weight is 264 g/mol. The Morgan fingerprint density at radius 1 is 1.33 bits per heavy atom. The van der Waals surface area contributed by atoms with Gasteiger partial charge in [-0.15, -0.1) is 0 Å². The Morgan fingerprint density at radius 3 is 2.72 bits per heavy atom. The van der Waals surface area contributed by atoms with Gasteiger partial charge < -0.3 is 5.32 Å². The third kappa shape index (κ3) is 2.57. The fraction of sp³-hybridized carbons (Fsp3) is 0.625. The second-order valence-electron chi connectivity index (χ2n) is 6.15. The fourth-order valence-electron chi connectivity index (χ4n) is 3.01. The summed E-state index contributed by atoms with van der Waals surface area (Å²) in [7, 11) is 0. The molecule has 1 nitrogen and oxygen atoms in total. The van der Waals surface area contributed by atoms with Crippen molar-refractivity contribution in [2.75, 3.05) is 6.54 Å². The van der Waals surface area contributed by atoms with Crippen LogP contribution in [0.3, 0.4) is 0 Å². The molecule has 1 aromatic carbocycles. The molecule has 0 aliphatic heterocycles. The van der Waals surface area contributed by atoms with Crippen LogP contribution in [0, 0.1) is 5.41 Å². The highest BCUT2D eigenvalue weighted by molar-refractivity contribution is 6.30. The van der Waals surface area contributed by atoms with Crippen molar-refractivity contribution in [3.63, 3.8) is 0 Å². The van der Waals surface area contributed by atoms with E-state index in [4.69, 9.17) is 11.6 Å². The summed E-state index contributed by atoms with van der Waals surface area (Å²) >= 11 is 6.04. The van der Waals surface area contributed by atoms with Crippen LogP contribution in [0.15, 0.2) is 24.3 Å². The van der Waals surface area contributed by atoms with Crippen LogP contribution < -0.4 is 5.32 Å². The highest BCUT2D eigenvalue weighted by Crippen LogP contribution is 2.48. The molecule has 0 saturated heterocycles. The molecule has 0 aromatic heterocycles. The van der Waals surface area contributed by atoms with E-state index in [0.717, 1.165) is 17.0 Å². The summed E-state index contributed by atoms with van der Waals surface area (Å²) in [5, 5.41) is 4.62. The Labute approximate surface area is 115 Å². The van der Waals surface area contributed by atoms with Gasteiger partial charge in [0.25, 0.3) is 0 Å². The number of hydrogen-bond donors (Lipinski definition) is 1. The van der Waals surface area contributed by atoms with Crippen molar-refractivity contribution in [1.29, 1.82) is 0 Å². The lowest BCUT2D eigenvalue weighted by atomic mass is 9.75. The van der Waals surface area contributed by atoms with Crippen LogP contribution >= 0.6 is 11.6 Å². The molecule has 0 unspecified atom stereocenters. The molecule has 18 heavy (non-hydrogen) atoms. The van der Waals surface area contributed by atoms with Crippen LogP contribution in [0.5, 0.6) is 0 Å². The second-order valence-corrected chi connectivity index (χ2v) is 6.59. The molecule has 2 fully saturated rings. The molecule has 0 bridgehead atoms. The van der Waals surface area contributed by atoms with Crippen LogP contribution in [0.4, 0.5) is 0 Å². The molecule has 0 heterocycles. The Balaban J connectivity index is 1.46. The van der Waals surface area contributed by atoms with E-state index in [0.29, 0.717) is 5.41 Å². The van der Waals surface area contributed by atoms with Gasteiger partial charge in [-0.25, -0.2) is 0 Å². The molecule has 98 valence electrons. The van der Waals surface area contributed by atoms with E-state index >= 15 is 0 Å². The highest BCUT2D eigenvalue weighted by Gasteiger charge is 2.41. The van der Waals surface area contributed by atoms with Crippen molar-refractivity contribution in [2.24, 2.45) is 5.41 Å².